The van der Waals surface area contributed by atoms with Crippen molar-refractivity contribution in [1.29, 1.82) is 0 Å². The molecule has 0 bridgehead atoms. The van der Waals surface area contributed by atoms with E-state index in [1.807, 2.05) is 13.8 Å². The monoisotopic (exact) mass is 410 g/mol. The van der Waals surface area contributed by atoms with E-state index in [1.165, 1.54) is 35.2 Å². The molecule has 1 aliphatic rings. The Labute approximate surface area is 168 Å². The van der Waals surface area contributed by atoms with Crippen molar-refractivity contribution >= 4 is 35.2 Å². The zero-order valence-corrected chi connectivity index (χ0v) is 17.2. The largest absolute Gasteiger partial charge is 0.467 e. The predicted molar refractivity (Wildman–Crippen MR) is 104 cm³/mol. The van der Waals surface area contributed by atoms with Crippen molar-refractivity contribution in [3.63, 3.8) is 0 Å². The molecule has 0 unspecified atom stereocenters. The number of methoxy groups -OCH3 is 1. The van der Waals surface area contributed by atoms with E-state index in [0.29, 0.717) is 11.4 Å². The van der Waals surface area contributed by atoms with Crippen LogP contribution in [0.5, 0.6) is 0 Å². The molecular weight excluding hydrogens is 384 g/mol. The maximum atomic E-state index is 12.9. The molecule has 0 saturated carbocycles. The summed E-state index contributed by atoms with van der Waals surface area (Å²) in [5.74, 6) is -1.37. The van der Waals surface area contributed by atoms with Gasteiger partial charge in [0, 0.05) is 19.1 Å². The van der Waals surface area contributed by atoms with E-state index in [1.54, 1.807) is 17.5 Å². The first-order chi connectivity index (χ1) is 13.2. The molecule has 1 aromatic heterocycles. The molecule has 2 rings (SSSR count). The minimum atomic E-state index is -0.909. The lowest BCUT2D eigenvalue weighted by atomic mass is 10.1. The third kappa shape index (κ3) is 5.22. The average molecular weight is 410 g/mol. The van der Waals surface area contributed by atoms with E-state index in [4.69, 9.17) is 0 Å². The van der Waals surface area contributed by atoms with Crippen LogP contribution < -0.4 is 10.6 Å². The normalized spacial score (nSPS) is 17.8. The third-order valence-corrected chi connectivity index (χ3v) is 5.15. The zero-order valence-electron chi connectivity index (χ0n) is 16.4. The first-order valence-electron chi connectivity index (χ1n) is 9.02. The van der Waals surface area contributed by atoms with E-state index in [2.05, 4.69) is 15.4 Å². The number of nitrogens with zero attached hydrogens (tertiary/aromatic N) is 2. The van der Waals surface area contributed by atoms with Crippen LogP contribution in [0.4, 0.5) is 4.79 Å². The Balaban J connectivity index is 2.19. The van der Waals surface area contributed by atoms with Gasteiger partial charge in [-0.1, -0.05) is 6.07 Å². The fourth-order valence-corrected chi connectivity index (χ4v) is 3.54. The van der Waals surface area contributed by atoms with E-state index < -0.39 is 24.0 Å². The highest BCUT2D eigenvalue weighted by molar-refractivity contribution is 7.12. The van der Waals surface area contributed by atoms with Crippen LogP contribution in [0.25, 0.3) is 0 Å². The molecule has 154 valence electrons. The highest BCUT2D eigenvalue weighted by Crippen LogP contribution is 2.18. The second kappa shape index (κ2) is 9.54. The molecule has 10 heteroatoms. The maximum Gasteiger partial charge on any atom is 0.328 e. The number of carbonyl (C=O) groups excluding carboxylic acids is 4. The third-order valence-electron chi connectivity index (χ3n) is 4.29. The van der Waals surface area contributed by atoms with Crippen LogP contribution in [-0.4, -0.2) is 78.5 Å². The number of ether oxygens (including phenoxy) is 1. The van der Waals surface area contributed by atoms with Gasteiger partial charge >= 0.3 is 12.0 Å². The van der Waals surface area contributed by atoms with Gasteiger partial charge < -0.3 is 25.2 Å². The van der Waals surface area contributed by atoms with Gasteiger partial charge in [-0.2, -0.15) is 0 Å². The first-order valence-corrected chi connectivity index (χ1v) is 9.90. The van der Waals surface area contributed by atoms with E-state index in [0.717, 1.165) is 0 Å². The van der Waals surface area contributed by atoms with Gasteiger partial charge in [0.25, 0.3) is 5.91 Å². The molecule has 28 heavy (non-hydrogen) atoms. The highest BCUT2D eigenvalue weighted by Gasteiger charge is 2.38. The fraction of sp³-hybridized carbons (Fsp3) is 0.556. The minimum Gasteiger partial charge on any atom is -0.467 e. The standard InChI is InChI=1S/C18H26N4O5S/c1-11(2)19-18(26)21-7-8-22(16(24)14-6-5-9-28-14)13(10-21)15(23)20-12(3)17(25)27-4/h5-6,9,11-13H,7-8,10H2,1-4H3,(H,19,26)(H,20,23)/t12-,13+/m1/s1. The van der Waals surface area contributed by atoms with Gasteiger partial charge in [-0.3, -0.25) is 9.59 Å². The van der Waals surface area contributed by atoms with Crippen molar-refractivity contribution in [2.24, 2.45) is 0 Å². The van der Waals surface area contributed by atoms with Crippen molar-refractivity contribution in [2.75, 3.05) is 26.7 Å². The topological polar surface area (TPSA) is 108 Å². The number of nitrogens with one attached hydrogen (secondary N) is 2. The lowest BCUT2D eigenvalue weighted by Gasteiger charge is -2.40. The molecule has 1 fully saturated rings. The van der Waals surface area contributed by atoms with E-state index >= 15 is 0 Å². The molecule has 1 aromatic rings. The second-order valence-electron chi connectivity index (χ2n) is 6.80. The summed E-state index contributed by atoms with van der Waals surface area (Å²) in [6.45, 7) is 5.75. The Morgan fingerprint density at radius 2 is 1.89 bits per heavy atom. The molecule has 4 amide bonds. The van der Waals surface area contributed by atoms with Crippen LogP contribution in [0.1, 0.15) is 30.4 Å². The number of hydrogen-bond donors (Lipinski definition) is 2. The van der Waals surface area contributed by atoms with Crippen LogP contribution in [0, 0.1) is 0 Å². The Kier molecular flexibility index (Phi) is 7.38. The first kappa shape index (κ1) is 21.7. The lowest BCUT2D eigenvalue weighted by Crippen LogP contribution is -2.63. The molecule has 9 nitrogen and oxygen atoms in total. The van der Waals surface area contributed by atoms with Crippen LogP contribution in [0.15, 0.2) is 17.5 Å². The summed E-state index contributed by atoms with van der Waals surface area (Å²) in [6.07, 6.45) is 0. The molecule has 0 aromatic carbocycles. The SMILES string of the molecule is COC(=O)[C@@H](C)NC(=O)[C@@H]1CN(C(=O)NC(C)C)CCN1C(=O)c1cccs1. The van der Waals surface area contributed by atoms with Gasteiger partial charge in [-0.05, 0) is 32.2 Å². The summed E-state index contributed by atoms with van der Waals surface area (Å²) >= 11 is 1.29. The van der Waals surface area contributed by atoms with Gasteiger partial charge in [-0.15, -0.1) is 11.3 Å². The second-order valence-corrected chi connectivity index (χ2v) is 7.74. The fourth-order valence-electron chi connectivity index (χ4n) is 2.86. The van der Waals surface area contributed by atoms with Crippen LogP contribution in [-0.2, 0) is 14.3 Å². The zero-order chi connectivity index (χ0) is 20.8. The molecule has 2 heterocycles. The minimum absolute atomic E-state index is 0.0371. The average Bonchev–Trinajstić information content (AvgIpc) is 3.20. The molecule has 1 saturated heterocycles. The van der Waals surface area contributed by atoms with Gasteiger partial charge in [0.2, 0.25) is 5.91 Å². The summed E-state index contributed by atoms with van der Waals surface area (Å²) in [5.41, 5.74) is 0. The van der Waals surface area contributed by atoms with Crippen LogP contribution in [0.3, 0.4) is 0 Å². The summed E-state index contributed by atoms with van der Waals surface area (Å²) in [7, 11) is 1.23. The number of esters is 1. The highest BCUT2D eigenvalue weighted by atomic mass is 32.1. The van der Waals surface area contributed by atoms with Gasteiger partial charge in [0.15, 0.2) is 0 Å². The molecule has 2 N–H and O–H groups in total. The Morgan fingerprint density at radius 1 is 1.18 bits per heavy atom. The molecule has 1 aliphatic heterocycles. The van der Waals surface area contributed by atoms with Crippen molar-refractivity contribution in [2.45, 2.75) is 38.9 Å². The maximum absolute atomic E-state index is 12.9. The Hall–Kier alpha value is -2.62. The summed E-state index contributed by atoms with van der Waals surface area (Å²) in [6, 6.07) is 1.33. The Morgan fingerprint density at radius 3 is 2.46 bits per heavy atom. The summed E-state index contributed by atoms with van der Waals surface area (Å²) in [5, 5.41) is 7.15. The lowest BCUT2D eigenvalue weighted by molar-refractivity contribution is -0.145. The summed E-state index contributed by atoms with van der Waals surface area (Å²) < 4.78 is 4.63. The molecule has 2 atom stereocenters. The number of amides is 4. The summed E-state index contributed by atoms with van der Waals surface area (Å²) in [4.78, 5) is 53.2. The van der Waals surface area contributed by atoms with Gasteiger partial charge in [0.1, 0.15) is 12.1 Å². The van der Waals surface area contributed by atoms with Crippen molar-refractivity contribution in [3.8, 4) is 0 Å². The van der Waals surface area contributed by atoms with E-state index in [-0.39, 0.29) is 31.1 Å². The van der Waals surface area contributed by atoms with Gasteiger partial charge in [0.05, 0.1) is 18.5 Å². The number of carbonyl (C=O) groups is 4. The molecule has 0 radical (unpaired) electrons. The van der Waals surface area contributed by atoms with Gasteiger partial charge in [-0.25, -0.2) is 9.59 Å². The smallest absolute Gasteiger partial charge is 0.328 e. The van der Waals surface area contributed by atoms with E-state index in [9.17, 15) is 19.2 Å². The van der Waals surface area contributed by atoms with Crippen molar-refractivity contribution in [3.05, 3.63) is 22.4 Å². The number of piperazine rings is 1. The molecular formula is C18H26N4O5S. The molecule has 0 aliphatic carbocycles. The van der Waals surface area contributed by atoms with Crippen LogP contribution >= 0.6 is 11.3 Å². The van der Waals surface area contributed by atoms with Crippen molar-refractivity contribution in [1.82, 2.24) is 20.4 Å². The predicted octanol–water partition coefficient (Wildman–Crippen LogP) is 0.670. The number of thiophene rings is 1. The van der Waals surface area contributed by atoms with Crippen molar-refractivity contribution < 1.29 is 23.9 Å². The number of urea groups is 1. The Bertz CT molecular complexity index is 722. The number of rotatable bonds is 5. The molecule has 0 spiro atoms. The van der Waals surface area contributed by atoms with Crippen LogP contribution in [0.2, 0.25) is 0 Å². The number of hydrogen-bond acceptors (Lipinski definition) is 6. The quantitative estimate of drug-likeness (QED) is 0.694.